The average Bonchev–Trinajstić information content (AvgIpc) is 2.59. The summed E-state index contributed by atoms with van der Waals surface area (Å²) in [6, 6.07) is -6.73. The fourth-order valence-corrected chi connectivity index (χ4v) is 1.89. The molecule has 0 radical (unpaired) electrons. The van der Waals surface area contributed by atoms with Gasteiger partial charge in [0.25, 0.3) is 0 Å². The van der Waals surface area contributed by atoms with Crippen molar-refractivity contribution in [2.75, 3.05) is 6.54 Å². The van der Waals surface area contributed by atoms with Crippen LogP contribution in [0.1, 0.15) is 6.92 Å². The zero-order valence-electron chi connectivity index (χ0n) is 15.1. The topological polar surface area (TPSA) is 12.0 Å². The minimum Gasteiger partial charge on any atom is -0.253 e. The first-order valence-corrected chi connectivity index (χ1v) is 7.53. The summed E-state index contributed by atoms with van der Waals surface area (Å²) in [5.41, 5.74) is 0. The Hall–Kier alpha value is -1.51. The monoisotopic (exact) mass is 563 g/mol. The Labute approximate surface area is 172 Å². The number of alkyl halides is 21. The Morgan fingerprint density at radius 1 is 0.353 bits per heavy atom. The zero-order chi connectivity index (χ0) is 28.4. The molecule has 206 valence electrons. The maximum Gasteiger partial charge on any atom is 0.460 e. The molecule has 1 nitrogen and oxygen atoms in total. The Morgan fingerprint density at radius 3 is 0.765 bits per heavy atom. The van der Waals surface area contributed by atoms with Crippen molar-refractivity contribution in [2.24, 2.45) is 0 Å². The normalized spacial score (nSPS) is 16.8. The molecule has 0 heterocycles. The van der Waals surface area contributed by atoms with E-state index >= 15 is 0 Å². The van der Waals surface area contributed by atoms with Gasteiger partial charge in [0.05, 0.1) is 0 Å². The van der Waals surface area contributed by atoms with Crippen molar-refractivity contribution in [1.82, 2.24) is 5.32 Å². The van der Waals surface area contributed by atoms with Crippen molar-refractivity contribution in [3.8, 4) is 0 Å². The van der Waals surface area contributed by atoms with Gasteiger partial charge in [0.1, 0.15) is 0 Å². The van der Waals surface area contributed by atoms with E-state index in [1.54, 1.807) is 0 Å². The van der Waals surface area contributed by atoms with Crippen LogP contribution in [0.3, 0.4) is 0 Å². The summed E-state index contributed by atoms with van der Waals surface area (Å²) < 4.78 is 272. The summed E-state index contributed by atoms with van der Waals surface area (Å²) in [4.78, 5) is 0. The molecule has 0 fully saturated rings. The molecular weight excluding hydrogens is 557 g/mol. The van der Waals surface area contributed by atoms with Crippen molar-refractivity contribution in [1.29, 1.82) is 0 Å². The number of nitrogens with one attached hydrogen (secondary N) is 1. The highest BCUT2D eigenvalue weighted by molar-refractivity contribution is 5.17. The van der Waals surface area contributed by atoms with E-state index in [0.717, 1.165) is 0 Å². The average molecular weight is 563 g/mol. The molecule has 0 saturated heterocycles. The molecule has 0 atom stereocenters. The maximum absolute atomic E-state index is 13.4. The number of hydrogen-bond donors (Lipinski definition) is 1. The van der Waals surface area contributed by atoms with Gasteiger partial charge in [0, 0.05) is 0 Å². The van der Waals surface area contributed by atoms with Crippen LogP contribution in [0.4, 0.5) is 92.2 Å². The highest BCUT2D eigenvalue weighted by Crippen LogP contribution is 2.66. The van der Waals surface area contributed by atoms with Gasteiger partial charge < -0.3 is 0 Å². The van der Waals surface area contributed by atoms with Crippen LogP contribution in [0.2, 0.25) is 0 Å². The summed E-state index contributed by atoms with van der Waals surface area (Å²) in [6.07, 6.45) is -7.99. The van der Waals surface area contributed by atoms with Crippen LogP contribution in [0.25, 0.3) is 0 Å². The smallest absolute Gasteiger partial charge is 0.253 e. The minimum absolute atomic E-state index is 0.000158. The Morgan fingerprint density at radius 2 is 0.559 bits per heavy atom. The Kier molecular flexibility index (Phi) is 7.65. The van der Waals surface area contributed by atoms with E-state index in [-0.39, 0.29) is 5.32 Å². The van der Waals surface area contributed by atoms with Crippen LogP contribution in [0, 0.1) is 0 Å². The van der Waals surface area contributed by atoms with E-state index in [1.165, 1.54) is 0 Å². The van der Waals surface area contributed by atoms with E-state index in [1.807, 2.05) is 0 Å². The SMILES string of the molecule is CCNC(F)(F)C(F)(F)C(F)(F)C(F)(F)C(F)(F)C(F)(F)C(F)(F)C(F)(F)C(F)(F)C(F)(F)F. The van der Waals surface area contributed by atoms with E-state index in [0.29, 0.717) is 6.92 Å². The van der Waals surface area contributed by atoms with Crippen LogP contribution in [0.5, 0.6) is 0 Å². The minimum atomic E-state index is -9.14. The Balaban J connectivity index is 7.01. The predicted octanol–water partition coefficient (Wildman–Crippen LogP) is 6.83. The van der Waals surface area contributed by atoms with Crippen LogP contribution in [0.15, 0.2) is 0 Å². The fourth-order valence-electron chi connectivity index (χ4n) is 1.89. The molecule has 0 unspecified atom stereocenters. The standard InChI is InChI=1S/C12H6F21N/c1-2-34-12(32,33)10(27,28)8(23,24)6(19,20)4(15,16)3(13,14)5(17,18)7(21,22)9(25,26)11(29,30)31/h34H,2H2,1H3. The van der Waals surface area contributed by atoms with Gasteiger partial charge in [0.15, 0.2) is 0 Å². The number of hydrogen-bond acceptors (Lipinski definition) is 1. The molecule has 0 aromatic carbocycles. The van der Waals surface area contributed by atoms with Gasteiger partial charge in [-0.3, -0.25) is 5.32 Å². The molecule has 22 heteroatoms. The summed E-state index contributed by atoms with van der Waals surface area (Å²) in [7, 11) is 0. The summed E-state index contributed by atoms with van der Waals surface area (Å²) >= 11 is 0. The second-order valence-corrected chi connectivity index (χ2v) is 6.20. The van der Waals surface area contributed by atoms with Gasteiger partial charge in [-0.15, -0.1) is 0 Å². The lowest BCUT2D eigenvalue weighted by Crippen LogP contribution is -2.77. The highest BCUT2D eigenvalue weighted by Gasteiger charge is 2.97. The first kappa shape index (κ1) is 32.5. The predicted molar refractivity (Wildman–Crippen MR) is 64.3 cm³/mol. The highest BCUT2D eigenvalue weighted by atomic mass is 19.4. The first-order chi connectivity index (χ1) is 14.3. The molecule has 34 heavy (non-hydrogen) atoms. The lowest BCUT2D eigenvalue weighted by atomic mass is 9.87. The summed E-state index contributed by atoms with van der Waals surface area (Å²) in [5, 5.41) is 0.000158. The van der Waals surface area contributed by atoms with Gasteiger partial charge in [0.2, 0.25) is 0 Å². The molecule has 0 aliphatic heterocycles. The third kappa shape index (κ3) is 3.80. The summed E-state index contributed by atoms with van der Waals surface area (Å²) in [5.74, 6) is -70.0. The van der Waals surface area contributed by atoms with Gasteiger partial charge in [-0.1, -0.05) is 6.92 Å². The molecule has 0 aliphatic carbocycles. The maximum atomic E-state index is 13.4. The van der Waals surface area contributed by atoms with Crippen molar-refractivity contribution < 1.29 is 92.2 Å². The van der Waals surface area contributed by atoms with Gasteiger partial charge in [-0.25, -0.2) is 0 Å². The summed E-state index contributed by atoms with van der Waals surface area (Å²) in [6.45, 7) is -1.19. The second-order valence-electron chi connectivity index (χ2n) is 6.20. The molecule has 0 aromatic heterocycles. The molecule has 0 amide bonds. The van der Waals surface area contributed by atoms with E-state index < -0.39 is 66.1 Å². The number of halogens is 21. The third-order valence-corrected chi connectivity index (χ3v) is 3.91. The van der Waals surface area contributed by atoms with Crippen molar-refractivity contribution >= 4 is 0 Å². The molecular formula is C12H6F21N. The van der Waals surface area contributed by atoms with Crippen LogP contribution in [-0.4, -0.2) is 66.1 Å². The second kappa shape index (κ2) is 8.00. The van der Waals surface area contributed by atoms with Crippen molar-refractivity contribution in [2.45, 2.75) is 66.5 Å². The Bertz CT molecular complexity index is 731. The molecule has 0 aliphatic rings. The molecule has 0 aromatic rings. The lowest BCUT2D eigenvalue weighted by Gasteiger charge is -2.44. The van der Waals surface area contributed by atoms with Gasteiger partial charge >= 0.3 is 59.6 Å². The van der Waals surface area contributed by atoms with E-state index in [9.17, 15) is 92.2 Å². The van der Waals surface area contributed by atoms with Crippen molar-refractivity contribution in [3.63, 3.8) is 0 Å². The largest absolute Gasteiger partial charge is 0.460 e. The molecule has 0 saturated carbocycles. The molecule has 0 spiro atoms. The van der Waals surface area contributed by atoms with Gasteiger partial charge in [-0.05, 0) is 6.54 Å². The van der Waals surface area contributed by atoms with E-state index in [2.05, 4.69) is 0 Å². The third-order valence-electron chi connectivity index (χ3n) is 3.91. The molecule has 0 bridgehead atoms. The van der Waals surface area contributed by atoms with Crippen LogP contribution >= 0.6 is 0 Å². The quantitative estimate of drug-likeness (QED) is 0.227. The van der Waals surface area contributed by atoms with Gasteiger partial charge in [-0.2, -0.15) is 92.2 Å². The van der Waals surface area contributed by atoms with E-state index in [4.69, 9.17) is 0 Å². The fraction of sp³-hybridized carbons (Fsp3) is 1.00. The van der Waals surface area contributed by atoms with Crippen LogP contribution < -0.4 is 5.32 Å². The van der Waals surface area contributed by atoms with Crippen molar-refractivity contribution in [3.05, 3.63) is 0 Å². The zero-order valence-corrected chi connectivity index (χ0v) is 15.1. The lowest BCUT2D eigenvalue weighted by molar-refractivity contribution is -0.474. The van der Waals surface area contributed by atoms with Crippen LogP contribution in [-0.2, 0) is 0 Å². The molecule has 0 rings (SSSR count). The number of rotatable bonds is 10. The molecule has 1 N–H and O–H groups in total. The first-order valence-electron chi connectivity index (χ1n) is 7.53.